The van der Waals surface area contributed by atoms with Gasteiger partial charge in [-0.2, -0.15) is 0 Å². The molecule has 0 saturated carbocycles. The van der Waals surface area contributed by atoms with Gasteiger partial charge in [0.15, 0.2) is 0 Å². The number of aliphatic hydroxyl groups is 1. The zero-order valence-electron chi connectivity index (χ0n) is 10.3. The molecule has 0 aliphatic heterocycles. The van der Waals surface area contributed by atoms with E-state index in [4.69, 9.17) is 0 Å². The minimum atomic E-state index is -2.88. The summed E-state index contributed by atoms with van der Waals surface area (Å²) in [5.74, 6) is 0.512. The Balaban J connectivity index is 4.14. The predicted octanol–water partition coefficient (Wildman–Crippen LogP) is 2.00. The Labute approximate surface area is 93.8 Å². The van der Waals surface area contributed by atoms with Gasteiger partial charge in [0, 0.05) is 5.75 Å². The van der Waals surface area contributed by atoms with Crippen molar-refractivity contribution in [1.82, 2.24) is 0 Å². The Hall–Kier alpha value is -0.0900. The van der Waals surface area contributed by atoms with Gasteiger partial charge >= 0.3 is 0 Å². The molecule has 0 saturated heterocycles. The molecule has 0 spiro atoms. The van der Waals surface area contributed by atoms with Gasteiger partial charge in [0.2, 0.25) is 0 Å². The fourth-order valence-corrected chi connectivity index (χ4v) is 3.44. The van der Waals surface area contributed by atoms with E-state index >= 15 is 0 Å². The maximum absolute atomic E-state index is 11.5. The van der Waals surface area contributed by atoms with Crippen LogP contribution in [0.4, 0.5) is 0 Å². The van der Waals surface area contributed by atoms with Crippen LogP contribution in [0.15, 0.2) is 0 Å². The first-order valence-electron chi connectivity index (χ1n) is 5.57. The Bertz CT molecular complexity index is 266. The van der Waals surface area contributed by atoms with E-state index < -0.39 is 9.84 Å². The normalized spacial score (nSPS) is 15.3. The van der Waals surface area contributed by atoms with Crippen LogP contribution in [0.2, 0.25) is 0 Å². The summed E-state index contributed by atoms with van der Waals surface area (Å²) in [6.07, 6.45) is 1.59. The maximum Gasteiger partial charge on any atom is 0.150 e. The summed E-state index contributed by atoms with van der Waals surface area (Å²) in [7, 11) is -2.88. The van der Waals surface area contributed by atoms with Gasteiger partial charge in [0.1, 0.15) is 9.84 Å². The number of hydrogen-bond acceptors (Lipinski definition) is 3. The molecule has 0 bridgehead atoms. The van der Waals surface area contributed by atoms with Crippen LogP contribution in [0.5, 0.6) is 0 Å². The van der Waals surface area contributed by atoms with Crippen molar-refractivity contribution in [2.24, 2.45) is 5.41 Å². The molecule has 0 aliphatic carbocycles. The van der Waals surface area contributed by atoms with Gasteiger partial charge in [-0.15, -0.1) is 0 Å². The van der Waals surface area contributed by atoms with Crippen molar-refractivity contribution in [2.45, 2.75) is 53.1 Å². The van der Waals surface area contributed by atoms with E-state index in [0.29, 0.717) is 19.3 Å². The zero-order valence-corrected chi connectivity index (χ0v) is 11.1. The lowest BCUT2D eigenvalue weighted by atomic mass is 9.84. The third-order valence-electron chi connectivity index (χ3n) is 2.45. The van der Waals surface area contributed by atoms with Gasteiger partial charge in [-0.05, 0) is 31.6 Å². The van der Waals surface area contributed by atoms with Crippen molar-refractivity contribution in [1.29, 1.82) is 0 Å². The van der Waals surface area contributed by atoms with E-state index in [2.05, 4.69) is 0 Å². The van der Waals surface area contributed by atoms with Gasteiger partial charge in [-0.25, -0.2) is 8.42 Å². The Kier molecular flexibility index (Phi) is 5.81. The Morgan fingerprint density at radius 1 is 1.27 bits per heavy atom. The molecular weight excluding hydrogens is 212 g/mol. The van der Waals surface area contributed by atoms with E-state index in [9.17, 15) is 13.5 Å². The van der Waals surface area contributed by atoms with Crippen LogP contribution in [0, 0.1) is 5.41 Å². The summed E-state index contributed by atoms with van der Waals surface area (Å²) < 4.78 is 23.0. The highest BCUT2D eigenvalue weighted by atomic mass is 32.2. The predicted molar refractivity (Wildman–Crippen MR) is 63.6 cm³/mol. The summed E-state index contributed by atoms with van der Waals surface area (Å²) in [4.78, 5) is 0. The molecule has 0 fully saturated rings. The lowest BCUT2D eigenvalue weighted by Gasteiger charge is -2.25. The molecule has 4 heteroatoms. The second kappa shape index (κ2) is 5.85. The minimum absolute atomic E-state index is 0.102. The van der Waals surface area contributed by atoms with E-state index in [0.717, 1.165) is 0 Å². The number of sulfone groups is 1. The molecule has 3 nitrogen and oxygen atoms in total. The second-order valence-electron chi connectivity index (χ2n) is 5.12. The first-order chi connectivity index (χ1) is 6.68. The molecule has 1 N–H and O–H groups in total. The quantitative estimate of drug-likeness (QED) is 0.735. The SMILES string of the molecule is CCCS(=O)(=O)CCC(C)(C)CC(C)O. The molecule has 0 aromatic rings. The number of hydrogen-bond donors (Lipinski definition) is 1. The third-order valence-corrected chi connectivity index (χ3v) is 4.31. The first kappa shape index (κ1) is 14.9. The van der Waals surface area contributed by atoms with Crippen molar-refractivity contribution < 1.29 is 13.5 Å². The van der Waals surface area contributed by atoms with Gasteiger partial charge < -0.3 is 5.11 Å². The Morgan fingerprint density at radius 2 is 1.80 bits per heavy atom. The summed E-state index contributed by atoms with van der Waals surface area (Å²) in [5.41, 5.74) is -0.102. The average Bonchev–Trinajstić information content (AvgIpc) is 1.99. The van der Waals surface area contributed by atoms with Crippen molar-refractivity contribution in [3.8, 4) is 0 Å². The van der Waals surface area contributed by atoms with E-state index in [1.165, 1.54) is 0 Å². The van der Waals surface area contributed by atoms with Crippen LogP contribution in [0.1, 0.15) is 47.0 Å². The molecular formula is C11H24O3S. The molecule has 0 aromatic carbocycles. The molecule has 0 aromatic heterocycles. The molecule has 0 amide bonds. The highest BCUT2D eigenvalue weighted by molar-refractivity contribution is 7.91. The van der Waals surface area contributed by atoms with Crippen molar-refractivity contribution in [2.75, 3.05) is 11.5 Å². The summed E-state index contributed by atoms with van der Waals surface area (Å²) >= 11 is 0. The second-order valence-corrected chi connectivity index (χ2v) is 7.42. The van der Waals surface area contributed by atoms with Gasteiger partial charge in [0.25, 0.3) is 0 Å². The third kappa shape index (κ3) is 7.79. The van der Waals surface area contributed by atoms with Crippen LogP contribution in [-0.2, 0) is 9.84 Å². The van der Waals surface area contributed by atoms with Crippen LogP contribution in [-0.4, -0.2) is 31.1 Å². The minimum Gasteiger partial charge on any atom is -0.393 e. The van der Waals surface area contributed by atoms with Crippen molar-refractivity contribution in [3.63, 3.8) is 0 Å². The van der Waals surface area contributed by atoms with Crippen LogP contribution in [0.3, 0.4) is 0 Å². The number of aliphatic hydroxyl groups excluding tert-OH is 1. The fraction of sp³-hybridized carbons (Fsp3) is 1.00. The zero-order chi connectivity index (χ0) is 12.1. The lowest BCUT2D eigenvalue weighted by molar-refractivity contribution is 0.127. The summed E-state index contributed by atoms with van der Waals surface area (Å²) in [6, 6.07) is 0. The topological polar surface area (TPSA) is 54.4 Å². The molecule has 0 rings (SSSR count). The van der Waals surface area contributed by atoms with E-state index in [1.807, 2.05) is 20.8 Å². The first-order valence-corrected chi connectivity index (χ1v) is 7.39. The average molecular weight is 236 g/mol. The van der Waals surface area contributed by atoms with Crippen molar-refractivity contribution in [3.05, 3.63) is 0 Å². The highest BCUT2D eigenvalue weighted by Crippen LogP contribution is 2.27. The molecule has 0 aliphatic rings. The molecule has 1 atom stereocenters. The van der Waals surface area contributed by atoms with Gasteiger partial charge in [0.05, 0.1) is 11.9 Å². The molecule has 0 heterocycles. The standard InChI is InChI=1S/C11H24O3S/c1-5-7-15(13,14)8-6-11(3,4)9-10(2)12/h10,12H,5-9H2,1-4H3. The van der Waals surface area contributed by atoms with Crippen LogP contribution in [0.25, 0.3) is 0 Å². The molecule has 1 unspecified atom stereocenters. The van der Waals surface area contributed by atoms with Gasteiger partial charge in [-0.1, -0.05) is 20.8 Å². The molecule has 92 valence electrons. The maximum atomic E-state index is 11.5. The van der Waals surface area contributed by atoms with Crippen LogP contribution < -0.4 is 0 Å². The monoisotopic (exact) mass is 236 g/mol. The smallest absolute Gasteiger partial charge is 0.150 e. The largest absolute Gasteiger partial charge is 0.393 e. The highest BCUT2D eigenvalue weighted by Gasteiger charge is 2.23. The summed E-state index contributed by atoms with van der Waals surface area (Å²) in [5, 5.41) is 9.27. The van der Waals surface area contributed by atoms with E-state index in [-0.39, 0.29) is 23.0 Å². The fourth-order valence-electron chi connectivity index (χ4n) is 1.75. The molecule has 15 heavy (non-hydrogen) atoms. The van der Waals surface area contributed by atoms with Crippen LogP contribution >= 0.6 is 0 Å². The van der Waals surface area contributed by atoms with Crippen molar-refractivity contribution >= 4 is 9.84 Å². The van der Waals surface area contributed by atoms with E-state index in [1.54, 1.807) is 6.92 Å². The Morgan fingerprint density at radius 3 is 2.20 bits per heavy atom. The molecule has 0 radical (unpaired) electrons. The van der Waals surface area contributed by atoms with Gasteiger partial charge in [-0.3, -0.25) is 0 Å². The lowest BCUT2D eigenvalue weighted by Crippen LogP contribution is -2.23. The number of rotatable bonds is 7. The summed E-state index contributed by atoms with van der Waals surface area (Å²) in [6.45, 7) is 7.61.